The number of cyclic esters (lactones) is 1. The normalized spacial score (nSPS) is 17.6. The molecule has 10 nitrogen and oxygen atoms in total. The van der Waals surface area contributed by atoms with Crippen LogP contribution in [0.25, 0.3) is 0 Å². The van der Waals surface area contributed by atoms with Crippen molar-refractivity contribution in [1.82, 2.24) is 9.99 Å². The van der Waals surface area contributed by atoms with Gasteiger partial charge in [0.05, 0.1) is 26.0 Å². The number of aromatic hydroxyl groups is 1. The Morgan fingerprint density at radius 2 is 1.93 bits per heavy atom. The lowest BCUT2D eigenvalue weighted by Gasteiger charge is -2.26. The Morgan fingerprint density at radius 3 is 2.63 bits per heavy atom. The number of carbonyl (C=O) groups is 2. The second-order valence-corrected chi connectivity index (χ2v) is 13.1. The van der Waals surface area contributed by atoms with Gasteiger partial charge in [0, 0.05) is 30.8 Å². The van der Waals surface area contributed by atoms with Crippen LogP contribution in [0.3, 0.4) is 0 Å². The number of fused-ring (bicyclic) bond motifs is 1. The predicted molar refractivity (Wildman–Crippen MR) is 164 cm³/mol. The molecule has 1 saturated heterocycles. The maximum absolute atomic E-state index is 14.2. The molecule has 0 saturated carbocycles. The number of nitrogens with one attached hydrogen (secondary N) is 1. The maximum atomic E-state index is 14.2. The molecule has 2 aromatic rings. The van der Waals surface area contributed by atoms with Crippen molar-refractivity contribution in [3.63, 3.8) is 0 Å². The van der Waals surface area contributed by atoms with Gasteiger partial charge >= 0.3 is 19.5 Å². The lowest BCUT2D eigenvalue weighted by atomic mass is 9.89. The summed E-state index contributed by atoms with van der Waals surface area (Å²) in [7, 11) is -3.63. The number of hydrogen-bond acceptors (Lipinski definition) is 9. The largest absolute Gasteiger partial charge is 0.507 e. The molecule has 0 aromatic heterocycles. The SMILES string of the molecule is CCc1c(C)c2c(c(O)c1C/C=C(\C)CP(=O)(NC(C)C(=O)OCCCN1CCOCC1)Oc1ccccc1)C(=O)OC2. The van der Waals surface area contributed by atoms with Gasteiger partial charge in [-0.1, -0.05) is 36.8 Å². The number of ether oxygens (including phenoxy) is 3. The van der Waals surface area contributed by atoms with Crippen LogP contribution in [0.4, 0.5) is 0 Å². The number of nitrogens with zero attached hydrogens (tertiary/aromatic N) is 1. The highest BCUT2D eigenvalue weighted by atomic mass is 31.2. The summed E-state index contributed by atoms with van der Waals surface area (Å²) >= 11 is 0. The van der Waals surface area contributed by atoms with Crippen molar-refractivity contribution in [3.8, 4) is 11.5 Å². The number of morpholine rings is 1. The Kier molecular flexibility index (Phi) is 11.4. The van der Waals surface area contributed by atoms with Gasteiger partial charge in [0.1, 0.15) is 29.7 Å². The van der Waals surface area contributed by atoms with E-state index in [4.69, 9.17) is 18.7 Å². The van der Waals surface area contributed by atoms with Crippen LogP contribution in [0.15, 0.2) is 42.0 Å². The summed E-state index contributed by atoms with van der Waals surface area (Å²) < 4.78 is 36.2. The highest BCUT2D eigenvalue weighted by Crippen LogP contribution is 2.45. The number of rotatable bonds is 14. The lowest BCUT2D eigenvalue weighted by Crippen LogP contribution is -2.38. The average molecular weight is 615 g/mol. The van der Waals surface area contributed by atoms with Crippen molar-refractivity contribution in [3.05, 3.63) is 69.8 Å². The minimum Gasteiger partial charge on any atom is -0.507 e. The number of hydrogen-bond donors (Lipinski definition) is 2. The minimum absolute atomic E-state index is 0.0186. The van der Waals surface area contributed by atoms with Crippen LogP contribution < -0.4 is 9.61 Å². The molecular formula is C32H43N2O8P. The van der Waals surface area contributed by atoms with Crippen LogP contribution >= 0.6 is 7.52 Å². The molecule has 2 aromatic carbocycles. The average Bonchev–Trinajstić information content (AvgIpc) is 3.38. The summed E-state index contributed by atoms with van der Waals surface area (Å²) in [5.74, 6) is -0.669. The maximum Gasteiger partial charge on any atom is 0.342 e. The summed E-state index contributed by atoms with van der Waals surface area (Å²) in [6.45, 7) is 11.8. The van der Waals surface area contributed by atoms with Crippen molar-refractivity contribution >= 4 is 19.5 Å². The van der Waals surface area contributed by atoms with Crippen molar-refractivity contribution in [1.29, 1.82) is 0 Å². The third kappa shape index (κ3) is 8.48. The molecule has 0 spiro atoms. The van der Waals surface area contributed by atoms with Gasteiger partial charge < -0.3 is 23.8 Å². The fourth-order valence-corrected chi connectivity index (χ4v) is 7.68. The van der Waals surface area contributed by atoms with Crippen LogP contribution in [0.2, 0.25) is 0 Å². The molecule has 2 aliphatic rings. The monoisotopic (exact) mass is 614 g/mol. The first kappa shape index (κ1) is 32.7. The number of benzene rings is 2. The van der Waals surface area contributed by atoms with E-state index < -0.39 is 25.5 Å². The Balaban J connectivity index is 1.44. The van der Waals surface area contributed by atoms with E-state index in [1.54, 1.807) is 31.2 Å². The first-order valence-corrected chi connectivity index (χ1v) is 16.7. The van der Waals surface area contributed by atoms with Crippen molar-refractivity contribution in [2.45, 2.75) is 59.6 Å². The molecule has 43 heavy (non-hydrogen) atoms. The fraction of sp³-hybridized carbons (Fsp3) is 0.500. The van der Waals surface area contributed by atoms with E-state index in [1.807, 2.05) is 32.9 Å². The zero-order valence-electron chi connectivity index (χ0n) is 25.5. The summed E-state index contributed by atoms with van der Waals surface area (Å²) in [5, 5.41) is 13.9. The van der Waals surface area contributed by atoms with E-state index in [9.17, 15) is 19.3 Å². The van der Waals surface area contributed by atoms with Crippen LogP contribution in [-0.4, -0.2) is 73.6 Å². The number of para-hydroxylation sites is 1. The third-order valence-corrected chi connectivity index (χ3v) is 10.0. The summed E-state index contributed by atoms with van der Waals surface area (Å²) in [6.07, 6.45) is 3.59. The molecule has 1 fully saturated rings. The number of phenols is 1. The molecule has 2 aliphatic heterocycles. The smallest absolute Gasteiger partial charge is 0.342 e. The van der Waals surface area contributed by atoms with Crippen molar-refractivity contribution in [2.24, 2.45) is 0 Å². The first-order valence-electron chi connectivity index (χ1n) is 14.9. The zero-order valence-corrected chi connectivity index (χ0v) is 26.4. The summed E-state index contributed by atoms with van der Waals surface area (Å²) in [6, 6.07) is 7.95. The summed E-state index contributed by atoms with van der Waals surface area (Å²) in [4.78, 5) is 27.4. The van der Waals surface area contributed by atoms with Gasteiger partial charge in [-0.25, -0.2) is 9.88 Å². The van der Waals surface area contributed by atoms with Crippen LogP contribution in [0.5, 0.6) is 11.5 Å². The highest BCUT2D eigenvalue weighted by molar-refractivity contribution is 7.57. The van der Waals surface area contributed by atoms with Gasteiger partial charge in [0.25, 0.3) is 0 Å². The molecule has 2 atom stereocenters. The molecule has 0 aliphatic carbocycles. The number of allylic oxidation sites excluding steroid dienone is 2. The van der Waals surface area contributed by atoms with E-state index in [0.717, 1.165) is 41.9 Å². The predicted octanol–water partition coefficient (Wildman–Crippen LogP) is 4.94. The summed E-state index contributed by atoms with van der Waals surface area (Å²) in [5.41, 5.74) is 4.26. The van der Waals surface area contributed by atoms with E-state index in [1.165, 1.54) is 0 Å². The van der Waals surface area contributed by atoms with Gasteiger partial charge in [-0.3, -0.25) is 14.3 Å². The van der Waals surface area contributed by atoms with Gasteiger partial charge in [-0.15, -0.1) is 0 Å². The molecule has 0 amide bonds. The Hall–Kier alpha value is -3.17. The zero-order chi connectivity index (χ0) is 31.0. The topological polar surface area (TPSA) is 124 Å². The van der Waals surface area contributed by atoms with Crippen LogP contribution in [0.1, 0.15) is 59.8 Å². The second kappa shape index (κ2) is 15.0. The lowest BCUT2D eigenvalue weighted by molar-refractivity contribution is -0.145. The molecule has 2 heterocycles. The standard InChI is InChI=1S/C32H43N2O8P/c1-5-26-23(3)28-20-41-32(37)29(28)30(35)27(26)13-12-22(2)21-43(38,42-25-10-7-6-8-11-25)33-24(4)31(36)40-17-9-14-34-15-18-39-19-16-34/h6-8,10-12,24,35H,5,9,13-21H2,1-4H3,(H,33,38)/b22-12+. The molecular weight excluding hydrogens is 571 g/mol. The van der Waals surface area contributed by atoms with Crippen LogP contribution in [-0.2, 0) is 43.0 Å². The second-order valence-electron chi connectivity index (χ2n) is 11.0. The molecule has 2 N–H and O–H groups in total. The first-order chi connectivity index (χ1) is 20.6. The van der Waals surface area contributed by atoms with E-state index >= 15 is 0 Å². The Bertz CT molecular complexity index is 1370. The molecule has 0 bridgehead atoms. The van der Waals surface area contributed by atoms with E-state index in [0.29, 0.717) is 43.8 Å². The van der Waals surface area contributed by atoms with Gasteiger partial charge in [0.2, 0.25) is 0 Å². The van der Waals surface area contributed by atoms with Crippen LogP contribution in [0, 0.1) is 6.92 Å². The molecule has 0 radical (unpaired) electrons. The highest BCUT2D eigenvalue weighted by Gasteiger charge is 2.32. The Labute approximate surface area is 253 Å². The number of phenolic OH excluding ortho intramolecular Hbond substituents is 1. The quantitative estimate of drug-likeness (QED) is 0.131. The van der Waals surface area contributed by atoms with E-state index in [2.05, 4.69) is 9.99 Å². The number of carbonyl (C=O) groups excluding carboxylic acids is 2. The third-order valence-electron chi connectivity index (χ3n) is 7.82. The van der Waals surface area contributed by atoms with Crippen molar-refractivity contribution < 1.29 is 38.0 Å². The molecule has 4 rings (SSSR count). The minimum atomic E-state index is -3.63. The Morgan fingerprint density at radius 1 is 1.21 bits per heavy atom. The van der Waals surface area contributed by atoms with E-state index in [-0.39, 0.29) is 30.7 Å². The van der Waals surface area contributed by atoms with Gasteiger partial charge in [0.15, 0.2) is 0 Å². The molecule has 2 unspecified atom stereocenters. The van der Waals surface area contributed by atoms with Gasteiger partial charge in [-0.05, 0) is 63.3 Å². The van der Waals surface area contributed by atoms with Gasteiger partial charge in [-0.2, -0.15) is 0 Å². The number of esters is 2. The van der Waals surface area contributed by atoms with Crippen molar-refractivity contribution in [2.75, 3.05) is 45.6 Å². The molecule has 11 heteroatoms. The molecule has 234 valence electrons. The fourth-order valence-electron chi connectivity index (χ4n) is 5.52.